The summed E-state index contributed by atoms with van der Waals surface area (Å²) in [7, 11) is 2.04. The third-order valence-electron chi connectivity index (χ3n) is 2.29. The van der Waals surface area contributed by atoms with E-state index in [-0.39, 0.29) is 0 Å². The Bertz CT molecular complexity index is 326. The lowest BCUT2D eigenvalue weighted by atomic mass is 10.1. The molecule has 0 N–H and O–H groups in total. The zero-order valence-corrected chi connectivity index (χ0v) is 8.89. The monoisotopic (exact) mass is 175 g/mol. The number of benzene rings is 1. The molecule has 0 aliphatic heterocycles. The van der Waals surface area contributed by atoms with E-state index >= 15 is 0 Å². The van der Waals surface area contributed by atoms with Gasteiger partial charge in [-0.15, -0.1) is 0 Å². The van der Waals surface area contributed by atoms with Gasteiger partial charge in [0.1, 0.15) is 0 Å². The van der Waals surface area contributed by atoms with Crippen LogP contribution >= 0.6 is 0 Å². The van der Waals surface area contributed by atoms with Crippen LogP contribution in [-0.4, -0.2) is 7.05 Å². The quantitative estimate of drug-likeness (QED) is 0.666. The molecule has 0 saturated heterocycles. The molecule has 0 heterocycles. The Balaban J connectivity index is 3.08. The molecule has 70 valence electrons. The highest BCUT2D eigenvalue weighted by Crippen LogP contribution is 2.22. The van der Waals surface area contributed by atoms with Crippen LogP contribution in [0.2, 0.25) is 0 Å². The fourth-order valence-corrected chi connectivity index (χ4v) is 1.39. The Kier molecular flexibility index (Phi) is 2.76. The molecule has 1 aromatic rings. The van der Waals surface area contributed by atoms with Crippen molar-refractivity contribution in [2.24, 2.45) is 0 Å². The first-order valence-corrected chi connectivity index (χ1v) is 4.49. The summed E-state index contributed by atoms with van der Waals surface area (Å²) in [5.41, 5.74) is 4.90. The Morgan fingerprint density at radius 3 is 2.38 bits per heavy atom. The summed E-state index contributed by atoms with van der Waals surface area (Å²) >= 11 is 0. The van der Waals surface area contributed by atoms with Gasteiger partial charge in [-0.3, -0.25) is 0 Å². The lowest BCUT2D eigenvalue weighted by Crippen LogP contribution is -2.14. The number of aryl methyl sites for hydroxylation is 2. The van der Waals surface area contributed by atoms with E-state index in [1.54, 1.807) is 0 Å². The van der Waals surface area contributed by atoms with Crippen LogP contribution in [0.3, 0.4) is 0 Å². The number of anilines is 1. The normalized spacial score (nSPS) is 9.85. The fraction of sp³-hybridized carbons (Fsp3) is 0.333. The smallest absolute Gasteiger partial charge is 0.0435 e. The molecule has 1 nitrogen and oxygen atoms in total. The van der Waals surface area contributed by atoms with Crippen molar-refractivity contribution in [2.45, 2.75) is 20.8 Å². The first-order chi connectivity index (χ1) is 6.02. The largest absolute Gasteiger partial charge is 0.349 e. The van der Waals surface area contributed by atoms with Gasteiger partial charge in [-0.25, -0.2) is 0 Å². The van der Waals surface area contributed by atoms with Crippen LogP contribution < -0.4 is 4.90 Å². The van der Waals surface area contributed by atoms with Crippen molar-refractivity contribution in [1.82, 2.24) is 0 Å². The summed E-state index contributed by atoms with van der Waals surface area (Å²) < 4.78 is 0. The average Bonchev–Trinajstić information content (AvgIpc) is 2.03. The molecule has 0 aliphatic carbocycles. The van der Waals surface area contributed by atoms with E-state index in [2.05, 4.69) is 43.5 Å². The highest BCUT2D eigenvalue weighted by atomic mass is 15.1. The van der Waals surface area contributed by atoms with E-state index in [9.17, 15) is 0 Å². The number of allylic oxidation sites excluding steroid dienone is 1. The number of hydrogen-bond donors (Lipinski definition) is 0. The summed E-state index contributed by atoms with van der Waals surface area (Å²) in [5, 5.41) is 0. The summed E-state index contributed by atoms with van der Waals surface area (Å²) in [5.74, 6) is 0. The topological polar surface area (TPSA) is 3.24 Å². The van der Waals surface area contributed by atoms with Crippen molar-refractivity contribution in [3.8, 4) is 0 Å². The van der Waals surface area contributed by atoms with Gasteiger partial charge in [0.2, 0.25) is 0 Å². The Morgan fingerprint density at radius 1 is 1.31 bits per heavy atom. The number of hydrogen-bond acceptors (Lipinski definition) is 1. The van der Waals surface area contributed by atoms with Crippen molar-refractivity contribution < 1.29 is 0 Å². The summed E-state index contributed by atoms with van der Waals surface area (Å²) in [6, 6.07) is 6.45. The lowest BCUT2D eigenvalue weighted by molar-refractivity contribution is 1.08. The molecule has 0 unspecified atom stereocenters. The molecule has 13 heavy (non-hydrogen) atoms. The van der Waals surface area contributed by atoms with Gasteiger partial charge in [0.25, 0.3) is 0 Å². The molecule has 1 aromatic carbocycles. The molecule has 0 fully saturated rings. The SMILES string of the molecule is C=C(C)N(C)c1ccc(C)cc1C. The van der Waals surface area contributed by atoms with Gasteiger partial charge < -0.3 is 4.90 Å². The maximum absolute atomic E-state index is 3.92. The minimum atomic E-state index is 1.06. The minimum absolute atomic E-state index is 1.06. The highest BCUT2D eigenvalue weighted by Gasteiger charge is 2.03. The summed E-state index contributed by atoms with van der Waals surface area (Å²) in [4.78, 5) is 2.11. The third-order valence-corrected chi connectivity index (χ3v) is 2.29. The van der Waals surface area contributed by atoms with E-state index in [1.807, 2.05) is 14.0 Å². The molecule has 1 rings (SSSR count). The van der Waals surface area contributed by atoms with Gasteiger partial charge >= 0.3 is 0 Å². The van der Waals surface area contributed by atoms with Crippen LogP contribution in [0.25, 0.3) is 0 Å². The maximum Gasteiger partial charge on any atom is 0.0435 e. The maximum atomic E-state index is 3.92. The molecule has 0 saturated carbocycles. The Hall–Kier alpha value is -1.24. The van der Waals surface area contributed by atoms with Crippen LogP contribution in [0.5, 0.6) is 0 Å². The fourth-order valence-electron chi connectivity index (χ4n) is 1.39. The third kappa shape index (κ3) is 2.11. The van der Waals surface area contributed by atoms with Gasteiger partial charge in [0.05, 0.1) is 0 Å². The van der Waals surface area contributed by atoms with E-state index in [0.29, 0.717) is 0 Å². The van der Waals surface area contributed by atoms with Gasteiger partial charge in [-0.1, -0.05) is 24.3 Å². The zero-order valence-electron chi connectivity index (χ0n) is 8.89. The summed E-state index contributed by atoms with van der Waals surface area (Å²) in [6.07, 6.45) is 0. The molecule has 0 bridgehead atoms. The lowest BCUT2D eigenvalue weighted by Gasteiger charge is -2.21. The van der Waals surface area contributed by atoms with Crippen LogP contribution in [-0.2, 0) is 0 Å². The van der Waals surface area contributed by atoms with E-state index < -0.39 is 0 Å². The molecule has 0 spiro atoms. The second-order valence-corrected chi connectivity index (χ2v) is 3.58. The van der Waals surface area contributed by atoms with Crippen LogP contribution in [0.15, 0.2) is 30.5 Å². The van der Waals surface area contributed by atoms with E-state index in [4.69, 9.17) is 0 Å². The van der Waals surface area contributed by atoms with Crippen molar-refractivity contribution in [3.63, 3.8) is 0 Å². The predicted octanol–water partition coefficient (Wildman–Crippen LogP) is 3.27. The first kappa shape index (κ1) is 9.85. The Labute approximate surface area is 80.7 Å². The summed E-state index contributed by atoms with van der Waals surface area (Å²) in [6.45, 7) is 10.2. The van der Waals surface area contributed by atoms with Crippen molar-refractivity contribution in [1.29, 1.82) is 0 Å². The van der Waals surface area contributed by atoms with E-state index in [1.165, 1.54) is 16.8 Å². The molecule has 0 aromatic heterocycles. The minimum Gasteiger partial charge on any atom is -0.349 e. The molecule has 0 aliphatic rings. The second-order valence-electron chi connectivity index (χ2n) is 3.58. The van der Waals surface area contributed by atoms with Crippen LogP contribution in [0.1, 0.15) is 18.1 Å². The molecule has 0 atom stereocenters. The molecule has 0 radical (unpaired) electrons. The number of rotatable bonds is 2. The highest BCUT2D eigenvalue weighted by molar-refractivity contribution is 5.57. The van der Waals surface area contributed by atoms with Crippen LogP contribution in [0.4, 0.5) is 5.69 Å². The van der Waals surface area contributed by atoms with Gasteiger partial charge in [-0.2, -0.15) is 0 Å². The first-order valence-electron chi connectivity index (χ1n) is 4.49. The zero-order chi connectivity index (χ0) is 10.0. The average molecular weight is 175 g/mol. The van der Waals surface area contributed by atoms with Crippen molar-refractivity contribution >= 4 is 5.69 Å². The number of nitrogens with zero attached hydrogens (tertiary/aromatic N) is 1. The molecular formula is C12H17N. The molecule has 1 heteroatoms. The standard InChI is InChI=1S/C12H17N/c1-9(2)13(5)12-7-6-10(3)8-11(12)4/h6-8H,1H2,2-5H3. The molecular weight excluding hydrogens is 158 g/mol. The Morgan fingerprint density at radius 2 is 1.92 bits per heavy atom. The van der Waals surface area contributed by atoms with E-state index in [0.717, 1.165) is 5.70 Å². The molecule has 0 amide bonds. The van der Waals surface area contributed by atoms with Crippen molar-refractivity contribution in [2.75, 3.05) is 11.9 Å². The predicted molar refractivity (Wildman–Crippen MR) is 59.1 cm³/mol. The van der Waals surface area contributed by atoms with Gasteiger partial charge in [0.15, 0.2) is 0 Å². The van der Waals surface area contributed by atoms with Crippen LogP contribution in [0, 0.1) is 13.8 Å². The van der Waals surface area contributed by atoms with Gasteiger partial charge in [0, 0.05) is 18.4 Å². The van der Waals surface area contributed by atoms with Crippen molar-refractivity contribution in [3.05, 3.63) is 41.6 Å². The second kappa shape index (κ2) is 3.65. The van der Waals surface area contributed by atoms with Gasteiger partial charge in [-0.05, 0) is 32.4 Å².